The van der Waals surface area contributed by atoms with Crippen molar-refractivity contribution in [3.05, 3.63) is 71.3 Å². The molecule has 0 radical (unpaired) electrons. The highest BCUT2D eigenvalue weighted by atomic mass is 31.2. The monoisotopic (exact) mass is 382 g/mol. The summed E-state index contributed by atoms with van der Waals surface area (Å²) in [6, 6.07) is 11.7. The van der Waals surface area contributed by atoms with Gasteiger partial charge in [-0.2, -0.15) is 0 Å². The van der Waals surface area contributed by atoms with E-state index in [4.69, 9.17) is 9.05 Å². The number of hydrogen-bond donors (Lipinski definition) is 0. The fraction of sp³-hybridized carbons (Fsp3) is 0.400. The van der Waals surface area contributed by atoms with Gasteiger partial charge in [0, 0.05) is 14.2 Å². The number of halogens is 2. The molecule has 3 nitrogen and oxygen atoms in total. The van der Waals surface area contributed by atoms with Crippen molar-refractivity contribution < 1.29 is 22.4 Å². The zero-order valence-corrected chi connectivity index (χ0v) is 16.3. The molecule has 2 aromatic carbocycles. The molecule has 0 saturated heterocycles. The standard InChI is InChI=1S/C20H25F2O3P/c1-4-5-6-15-20(26(23,24-2)25-3,16-7-11-18(21)12-8-16)17-9-13-19(22)14-10-17/h7-14H,4-6,15H2,1-3H3. The molecule has 0 unspecified atom stereocenters. The van der Waals surface area contributed by atoms with Crippen LogP contribution in [0.1, 0.15) is 43.7 Å². The summed E-state index contributed by atoms with van der Waals surface area (Å²) in [4.78, 5) is 0. The molecule has 0 aliphatic carbocycles. The maximum absolute atomic E-state index is 13.7. The highest BCUT2D eigenvalue weighted by Crippen LogP contribution is 2.69. The van der Waals surface area contributed by atoms with E-state index in [0.717, 1.165) is 19.3 Å². The van der Waals surface area contributed by atoms with Crippen molar-refractivity contribution in [2.75, 3.05) is 14.2 Å². The molecule has 0 aromatic heterocycles. The summed E-state index contributed by atoms with van der Waals surface area (Å²) in [5.74, 6) is -0.778. The second-order valence-corrected chi connectivity index (χ2v) is 8.68. The van der Waals surface area contributed by atoms with Gasteiger partial charge in [-0.3, -0.25) is 4.57 Å². The van der Waals surface area contributed by atoms with Gasteiger partial charge in [-0.05, 0) is 41.8 Å². The van der Waals surface area contributed by atoms with Gasteiger partial charge in [0.15, 0.2) is 0 Å². The van der Waals surface area contributed by atoms with E-state index in [2.05, 4.69) is 6.92 Å². The van der Waals surface area contributed by atoms with Gasteiger partial charge < -0.3 is 9.05 Å². The van der Waals surface area contributed by atoms with Crippen molar-refractivity contribution in [2.45, 2.75) is 37.8 Å². The minimum Gasteiger partial charge on any atom is -0.311 e. The van der Waals surface area contributed by atoms with Gasteiger partial charge in [-0.25, -0.2) is 8.78 Å². The van der Waals surface area contributed by atoms with Crippen molar-refractivity contribution in [3.63, 3.8) is 0 Å². The van der Waals surface area contributed by atoms with E-state index in [1.54, 1.807) is 24.3 Å². The molecule has 0 spiro atoms. The summed E-state index contributed by atoms with van der Waals surface area (Å²) in [5, 5.41) is -1.15. The van der Waals surface area contributed by atoms with Gasteiger partial charge in [0.2, 0.25) is 0 Å². The van der Waals surface area contributed by atoms with Crippen LogP contribution in [0.4, 0.5) is 8.78 Å². The molecular formula is C20H25F2O3P. The lowest BCUT2D eigenvalue weighted by Crippen LogP contribution is -2.29. The van der Waals surface area contributed by atoms with Crippen LogP contribution in [-0.4, -0.2) is 14.2 Å². The summed E-state index contributed by atoms with van der Waals surface area (Å²) in [6.07, 6.45) is 3.14. The number of hydrogen-bond acceptors (Lipinski definition) is 3. The summed E-state index contributed by atoms with van der Waals surface area (Å²) in [7, 11) is -1.00. The largest absolute Gasteiger partial charge is 0.344 e. The van der Waals surface area contributed by atoms with Crippen LogP contribution in [0.15, 0.2) is 48.5 Å². The van der Waals surface area contributed by atoms with Crippen molar-refractivity contribution in [1.82, 2.24) is 0 Å². The van der Waals surface area contributed by atoms with Gasteiger partial charge >= 0.3 is 7.60 Å². The van der Waals surface area contributed by atoms with E-state index in [0.29, 0.717) is 17.5 Å². The summed E-state index contributed by atoms with van der Waals surface area (Å²) in [6.45, 7) is 2.07. The molecule has 0 aliphatic rings. The Bertz CT molecular complexity index is 691. The van der Waals surface area contributed by atoms with E-state index in [1.807, 2.05) is 0 Å². The minimum absolute atomic E-state index is 0.389. The Labute approximate surface area is 153 Å². The number of benzene rings is 2. The second-order valence-electron chi connectivity index (χ2n) is 6.19. The van der Waals surface area contributed by atoms with E-state index in [9.17, 15) is 13.3 Å². The molecule has 0 fully saturated rings. The maximum atomic E-state index is 13.7. The van der Waals surface area contributed by atoms with Crippen LogP contribution in [0.5, 0.6) is 0 Å². The summed E-state index contributed by atoms with van der Waals surface area (Å²) >= 11 is 0. The molecule has 6 heteroatoms. The summed E-state index contributed by atoms with van der Waals surface area (Å²) in [5.41, 5.74) is 1.24. The van der Waals surface area contributed by atoms with Crippen LogP contribution < -0.4 is 0 Å². The highest BCUT2D eigenvalue weighted by Gasteiger charge is 2.52. The van der Waals surface area contributed by atoms with Crippen molar-refractivity contribution in [3.8, 4) is 0 Å². The van der Waals surface area contributed by atoms with Crippen molar-refractivity contribution in [1.29, 1.82) is 0 Å². The predicted molar refractivity (Wildman–Crippen MR) is 99.3 cm³/mol. The predicted octanol–water partition coefficient (Wildman–Crippen LogP) is 6.27. The zero-order chi connectivity index (χ0) is 19.2. The molecule has 2 rings (SSSR count). The van der Waals surface area contributed by atoms with Gasteiger partial charge in [-0.15, -0.1) is 0 Å². The number of rotatable bonds is 9. The van der Waals surface area contributed by atoms with Crippen LogP contribution in [0.3, 0.4) is 0 Å². The lowest BCUT2D eigenvalue weighted by atomic mass is 9.85. The fourth-order valence-corrected chi connectivity index (χ4v) is 5.51. The quantitative estimate of drug-likeness (QED) is 0.378. The van der Waals surface area contributed by atoms with Crippen molar-refractivity contribution >= 4 is 7.60 Å². The Morgan fingerprint density at radius 1 is 0.846 bits per heavy atom. The van der Waals surface area contributed by atoms with Crippen LogP contribution in [0.2, 0.25) is 0 Å². The van der Waals surface area contributed by atoms with Gasteiger partial charge in [-0.1, -0.05) is 50.5 Å². The van der Waals surface area contributed by atoms with E-state index in [1.165, 1.54) is 38.5 Å². The number of unbranched alkanes of at least 4 members (excludes halogenated alkanes) is 2. The van der Waals surface area contributed by atoms with Gasteiger partial charge in [0.25, 0.3) is 0 Å². The smallest absolute Gasteiger partial charge is 0.311 e. The third kappa shape index (κ3) is 3.90. The summed E-state index contributed by atoms with van der Waals surface area (Å²) < 4.78 is 51.5. The Balaban J connectivity index is 2.75. The van der Waals surface area contributed by atoms with E-state index in [-0.39, 0.29) is 11.6 Å². The van der Waals surface area contributed by atoms with Crippen LogP contribution in [0.25, 0.3) is 0 Å². The van der Waals surface area contributed by atoms with Crippen molar-refractivity contribution in [2.24, 2.45) is 0 Å². The van der Waals surface area contributed by atoms with Crippen LogP contribution >= 0.6 is 7.60 Å². The molecule has 0 amide bonds. The molecule has 142 valence electrons. The maximum Gasteiger partial charge on any atom is 0.344 e. The molecule has 0 atom stereocenters. The minimum atomic E-state index is -3.68. The third-order valence-electron chi connectivity index (χ3n) is 4.73. The average molecular weight is 382 g/mol. The first-order valence-electron chi connectivity index (χ1n) is 8.67. The Hall–Kier alpha value is -1.55. The second kappa shape index (κ2) is 8.90. The Morgan fingerprint density at radius 3 is 1.62 bits per heavy atom. The molecule has 0 aliphatic heterocycles. The third-order valence-corrected chi connectivity index (χ3v) is 7.37. The average Bonchev–Trinajstić information content (AvgIpc) is 2.66. The SMILES string of the molecule is CCCCCC(c1ccc(F)cc1)(c1ccc(F)cc1)P(=O)(OC)OC. The normalized spacial score (nSPS) is 12.3. The molecule has 0 N–H and O–H groups in total. The fourth-order valence-electron chi connectivity index (χ4n) is 3.38. The molecule has 26 heavy (non-hydrogen) atoms. The van der Waals surface area contributed by atoms with E-state index >= 15 is 0 Å². The highest BCUT2D eigenvalue weighted by molar-refractivity contribution is 7.55. The first kappa shape index (κ1) is 20.8. The van der Waals surface area contributed by atoms with Gasteiger partial charge in [0.05, 0.1) is 0 Å². The first-order chi connectivity index (χ1) is 12.4. The lowest BCUT2D eigenvalue weighted by Gasteiger charge is -2.39. The Morgan fingerprint density at radius 2 is 1.27 bits per heavy atom. The lowest BCUT2D eigenvalue weighted by molar-refractivity contribution is 0.247. The molecular weight excluding hydrogens is 357 g/mol. The Kier molecular flexibility index (Phi) is 7.10. The molecule has 0 heterocycles. The van der Waals surface area contributed by atoms with Gasteiger partial charge in [0.1, 0.15) is 16.8 Å². The molecule has 2 aromatic rings. The molecule has 0 saturated carbocycles. The zero-order valence-electron chi connectivity index (χ0n) is 15.4. The topological polar surface area (TPSA) is 35.5 Å². The van der Waals surface area contributed by atoms with Crippen LogP contribution in [-0.2, 0) is 18.8 Å². The first-order valence-corrected chi connectivity index (χ1v) is 10.2. The molecule has 0 bridgehead atoms. The van der Waals surface area contributed by atoms with Crippen LogP contribution in [0, 0.1) is 11.6 Å². The van der Waals surface area contributed by atoms with E-state index < -0.39 is 12.8 Å².